The molecule has 1 saturated heterocycles. The molecule has 1 fully saturated rings. The average Bonchev–Trinajstić information content (AvgIpc) is 2.86. The molecule has 2 atom stereocenters. The van der Waals surface area contributed by atoms with Crippen LogP contribution in [0.4, 0.5) is 0 Å². The van der Waals surface area contributed by atoms with E-state index in [-0.39, 0.29) is 5.41 Å². The minimum absolute atomic E-state index is 0.382. The predicted molar refractivity (Wildman–Crippen MR) is 139 cm³/mol. The molecule has 0 amide bonds. The Balaban J connectivity index is 1.76. The Labute approximate surface area is 208 Å². The summed E-state index contributed by atoms with van der Waals surface area (Å²) in [6, 6.07) is 15.6. The van der Waals surface area contributed by atoms with E-state index in [1.807, 2.05) is 37.3 Å². The molecular formula is C30H35N3O2. The molecule has 2 N–H and O–H groups in total. The minimum atomic E-state index is -1.36. The van der Waals surface area contributed by atoms with Gasteiger partial charge in [0.2, 0.25) is 0 Å². The quantitative estimate of drug-likeness (QED) is 0.523. The summed E-state index contributed by atoms with van der Waals surface area (Å²) < 4.78 is 0. The molecule has 3 aromatic rings. The number of aromatic nitrogens is 2. The van der Waals surface area contributed by atoms with Gasteiger partial charge < -0.3 is 15.1 Å². The van der Waals surface area contributed by atoms with Gasteiger partial charge in [0.15, 0.2) is 5.60 Å². The second-order valence-corrected chi connectivity index (χ2v) is 10.4. The Morgan fingerprint density at radius 3 is 2.34 bits per heavy atom. The van der Waals surface area contributed by atoms with Gasteiger partial charge in [-0.3, -0.25) is 9.97 Å². The van der Waals surface area contributed by atoms with Gasteiger partial charge in [0, 0.05) is 48.2 Å². The van der Waals surface area contributed by atoms with Gasteiger partial charge in [-0.2, -0.15) is 0 Å². The fourth-order valence-electron chi connectivity index (χ4n) is 5.17. The topological polar surface area (TPSA) is 69.5 Å². The molecule has 182 valence electrons. The molecule has 35 heavy (non-hydrogen) atoms. The van der Waals surface area contributed by atoms with E-state index < -0.39 is 11.2 Å². The van der Waals surface area contributed by atoms with Crippen molar-refractivity contribution in [3.63, 3.8) is 0 Å². The number of nitrogens with zero attached hydrogens (tertiary/aromatic N) is 3. The van der Waals surface area contributed by atoms with Crippen molar-refractivity contribution in [3.05, 3.63) is 95.1 Å². The van der Waals surface area contributed by atoms with Crippen molar-refractivity contribution < 1.29 is 10.2 Å². The molecule has 1 aliphatic rings. The Bertz CT molecular complexity index is 1220. The summed E-state index contributed by atoms with van der Waals surface area (Å²) in [5.41, 5.74) is 0.971. The van der Waals surface area contributed by atoms with Gasteiger partial charge in [-0.1, -0.05) is 69.9 Å². The zero-order valence-electron chi connectivity index (χ0n) is 21.3. The number of likely N-dealkylation sites (tertiary alicyclic amines) is 1. The Morgan fingerprint density at radius 1 is 1.06 bits per heavy atom. The predicted octanol–water partition coefficient (Wildman–Crippen LogP) is 4.44. The van der Waals surface area contributed by atoms with Crippen LogP contribution in [0.3, 0.4) is 0 Å². The van der Waals surface area contributed by atoms with Crippen molar-refractivity contribution in [1.29, 1.82) is 0 Å². The minimum Gasteiger partial charge on any atom is -0.380 e. The highest BCUT2D eigenvalue weighted by Crippen LogP contribution is 2.50. The van der Waals surface area contributed by atoms with Crippen LogP contribution in [0.1, 0.15) is 68.0 Å². The van der Waals surface area contributed by atoms with E-state index in [2.05, 4.69) is 66.7 Å². The van der Waals surface area contributed by atoms with Gasteiger partial charge >= 0.3 is 0 Å². The molecule has 0 saturated carbocycles. The third-order valence-corrected chi connectivity index (χ3v) is 7.28. The number of hydrogen-bond donors (Lipinski definition) is 2. The molecule has 4 rings (SSSR count). The van der Waals surface area contributed by atoms with Crippen LogP contribution in [0.5, 0.6) is 0 Å². The molecule has 0 radical (unpaired) electrons. The van der Waals surface area contributed by atoms with Crippen molar-refractivity contribution in [2.75, 3.05) is 20.1 Å². The molecule has 0 spiro atoms. The molecule has 0 bridgehead atoms. The van der Waals surface area contributed by atoms with Crippen molar-refractivity contribution in [3.8, 4) is 11.8 Å². The van der Waals surface area contributed by atoms with Gasteiger partial charge in [-0.25, -0.2) is 0 Å². The molecule has 5 nitrogen and oxygen atoms in total. The summed E-state index contributed by atoms with van der Waals surface area (Å²) in [7, 11) is 2.06. The van der Waals surface area contributed by atoms with Crippen molar-refractivity contribution in [1.82, 2.24) is 14.9 Å². The highest BCUT2D eigenvalue weighted by molar-refractivity contribution is 5.45. The van der Waals surface area contributed by atoms with Crippen LogP contribution in [-0.2, 0) is 11.2 Å². The first-order valence-electron chi connectivity index (χ1n) is 12.3. The van der Waals surface area contributed by atoms with E-state index >= 15 is 0 Å². The van der Waals surface area contributed by atoms with E-state index in [0.29, 0.717) is 29.2 Å². The first-order valence-corrected chi connectivity index (χ1v) is 12.3. The van der Waals surface area contributed by atoms with E-state index in [9.17, 15) is 10.2 Å². The summed E-state index contributed by atoms with van der Waals surface area (Å²) in [6.07, 6.45) is 5.46. The van der Waals surface area contributed by atoms with Gasteiger partial charge in [0.1, 0.15) is 5.60 Å². The number of aliphatic hydroxyl groups is 2. The highest BCUT2D eigenvalue weighted by atomic mass is 16.3. The first-order chi connectivity index (χ1) is 16.6. The maximum atomic E-state index is 12.4. The number of rotatable bonds is 6. The summed E-state index contributed by atoms with van der Waals surface area (Å²) >= 11 is 0. The maximum absolute atomic E-state index is 12.4. The number of benzene rings is 1. The van der Waals surface area contributed by atoms with Crippen LogP contribution < -0.4 is 0 Å². The maximum Gasteiger partial charge on any atom is 0.167 e. The molecular weight excluding hydrogens is 434 g/mol. The summed E-state index contributed by atoms with van der Waals surface area (Å²) in [5.74, 6) is 6.51. The van der Waals surface area contributed by atoms with Gasteiger partial charge in [0.25, 0.3) is 0 Å². The smallest absolute Gasteiger partial charge is 0.167 e. The molecule has 2 aromatic heterocycles. The lowest BCUT2D eigenvalue weighted by atomic mass is 9.62. The number of hydrogen-bond acceptors (Lipinski definition) is 5. The van der Waals surface area contributed by atoms with Gasteiger partial charge in [0.05, 0.1) is 5.69 Å². The Morgan fingerprint density at radius 2 is 1.77 bits per heavy atom. The molecule has 1 aliphatic heterocycles. The average molecular weight is 470 g/mol. The van der Waals surface area contributed by atoms with Crippen molar-refractivity contribution >= 4 is 0 Å². The van der Waals surface area contributed by atoms with Gasteiger partial charge in [-0.05, 0) is 48.7 Å². The van der Waals surface area contributed by atoms with E-state index in [0.717, 1.165) is 18.7 Å². The van der Waals surface area contributed by atoms with Crippen LogP contribution in [0.15, 0.2) is 67.1 Å². The Kier molecular flexibility index (Phi) is 6.83. The van der Waals surface area contributed by atoms with Crippen LogP contribution in [-0.4, -0.2) is 45.2 Å². The zero-order chi connectivity index (χ0) is 25.3. The third kappa shape index (κ3) is 4.62. The highest BCUT2D eigenvalue weighted by Gasteiger charge is 2.55. The third-order valence-electron chi connectivity index (χ3n) is 7.28. The fraction of sp³-hybridized carbons (Fsp3) is 0.400. The van der Waals surface area contributed by atoms with Crippen molar-refractivity contribution in [2.24, 2.45) is 5.41 Å². The SMILES string of the molecule is CCC(O)(C#Cc1cncc([C@@](O)(c2ccc(C(C)C)cc2)C2(C)CN(C)C2)c1)c1ccccn1. The molecule has 3 heterocycles. The summed E-state index contributed by atoms with van der Waals surface area (Å²) in [5, 5.41) is 23.5. The molecule has 5 heteroatoms. The lowest BCUT2D eigenvalue weighted by Crippen LogP contribution is -2.63. The summed E-state index contributed by atoms with van der Waals surface area (Å²) in [6.45, 7) is 9.86. The standard InChI is InChI=1S/C30H35N3O2/c1-6-29(34,27-9-7-8-16-32-27)15-14-23-17-26(19-31-18-23)30(35,28(4)20-33(5)21-28)25-12-10-24(11-13-25)22(2)3/h7-13,16-19,22,34-35H,6,20-21H2,1-5H3/t29?,30-/m0/s1. The molecule has 0 aliphatic carbocycles. The lowest BCUT2D eigenvalue weighted by Gasteiger charge is -2.55. The van der Waals surface area contributed by atoms with E-state index in [1.165, 1.54) is 5.56 Å². The van der Waals surface area contributed by atoms with Gasteiger partial charge in [-0.15, -0.1) is 0 Å². The summed E-state index contributed by atoms with van der Waals surface area (Å²) in [4.78, 5) is 10.9. The van der Waals surface area contributed by atoms with Crippen LogP contribution in [0.25, 0.3) is 0 Å². The first kappa shape index (κ1) is 25.1. The molecule has 1 unspecified atom stereocenters. The largest absolute Gasteiger partial charge is 0.380 e. The van der Waals surface area contributed by atoms with Crippen molar-refractivity contribution in [2.45, 2.75) is 51.2 Å². The second kappa shape index (κ2) is 9.54. The molecule has 1 aromatic carbocycles. The van der Waals surface area contributed by atoms with Crippen LogP contribution >= 0.6 is 0 Å². The monoisotopic (exact) mass is 469 g/mol. The van der Waals surface area contributed by atoms with E-state index in [4.69, 9.17) is 0 Å². The van der Waals surface area contributed by atoms with E-state index in [1.54, 1.807) is 24.7 Å². The number of pyridine rings is 2. The normalized spacial score (nSPS) is 18.6. The van der Waals surface area contributed by atoms with Crippen LogP contribution in [0.2, 0.25) is 0 Å². The second-order valence-electron chi connectivity index (χ2n) is 10.4. The Hall–Kier alpha value is -3.04. The fourth-order valence-corrected chi connectivity index (χ4v) is 5.17. The lowest BCUT2D eigenvalue weighted by molar-refractivity contribution is -0.127. The van der Waals surface area contributed by atoms with Crippen LogP contribution in [0, 0.1) is 17.3 Å². The zero-order valence-corrected chi connectivity index (χ0v) is 21.3.